The summed E-state index contributed by atoms with van der Waals surface area (Å²) in [6.45, 7) is 6.56. The molecule has 0 N–H and O–H groups in total. The smallest absolute Gasteiger partial charge is 0.303 e. The number of hydrogen-bond acceptors (Lipinski definition) is 7. The maximum atomic E-state index is 14.3. The van der Waals surface area contributed by atoms with E-state index in [0.717, 1.165) is 50.2 Å². The van der Waals surface area contributed by atoms with Crippen molar-refractivity contribution in [3.63, 3.8) is 0 Å². The Balaban J connectivity index is 1.24. The molecule has 7 nitrogen and oxygen atoms in total. The molecule has 1 fully saturated rings. The molecule has 1 unspecified atom stereocenters. The van der Waals surface area contributed by atoms with Crippen LogP contribution in [0.4, 0.5) is 4.39 Å². The maximum absolute atomic E-state index is 14.3. The minimum atomic E-state index is -0.352. The highest BCUT2D eigenvalue weighted by Crippen LogP contribution is 2.34. The van der Waals surface area contributed by atoms with Crippen LogP contribution in [0.3, 0.4) is 0 Å². The van der Waals surface area contributed by atoms with Gasteiger partial charge in [-0.25, -0.2) is 4.39 Å². The van der Waals surface area contributed by atoms with Gasteiger partial charge in [-0.05, 0) is 69.1 Å². The van der Waals surface area contributed by atoms with E-state index in [9.17, 15) is 9.18 Å². The van der Waals surface area contributed by atoms with E-state index in [0.29, 0.717) is 29.1 Å². The Kier molecular flexibility index (Phi) is 7.67. The summed E-state index contributed by atoms with van der Waals surface area (Å²) >= 11 is 0. The van der Waals surface area contributed by atoms with E-state index in [1.807, 2.05) is 25.1 Å². The van der Waals surface area contributed by atoms with Crippen molar-refractivity contribution in [2.45, 2.75) is 45.1 Å². The number of halogens is 1. The van der Waals surface area contributed by atoms with Gasteiger partial charge in [0, 0.05) is 19.4 Å². The molecular weight excluding hydrogens is 439 g/mol. The first-order chi connectivity index (χ1) is 16.5. The molecule has 0 radical (unpaired) electrons. The molecule has 2 aromatic carbocycles. The first-order valence-corrected chi connectivity index (χ1v) is 11.7. The zero-order valence-corrected chi connectivity index (χ0v) is 19.9. The van der Waals surface area contributed by atoms with Gasteiger partial charge in [-0.15, -0.1) is 0 Å². The van der Waals surface area contributed by atoms with Crippen LogP contribution in [0, 0.1) is 5.82 Å². The van der Waals surface area contributed by atoms with E-state index in [1.165, 1.54) is 13.0 Å². The van der Waals surface area contributed by atoms with Crippen LogP contribution < -0.4 is 9.47 Å². The van der Waals surface area contributed by atoms with Crippen molar-refractivity contribution < 1.29 is 27.9 Å². The lowest BCUT2D eigenvalue weighted by atomic mass is 9.91. The van der Waals surface area contributed by atoms with Crippen molar-refractivity contribution in [1.82, 2.24) is 10.1 Å². The molecule has 1 aliphatic rings. The molecule has 34 heavy (non-hydrogen) atoms. The third kappa shape index (κ3) is 5.50. The average Bonchev–Trinajstić information content (AvgIpc) is 3.27. The zero-order chi connectivity index (χ0) is 24.1. The van der Waals surface area contributed by atoms with Crippen LogP contribution in [0.5, 0.6) is 11.5 Å². The number of benzene rings is 2. The number of hydrogen-bond donors (Lipinski definition) is 0. The highest BCUT2D eigenvalue weighted by atomic mass is 19.1. The number of aromatic nitrogens is 1. The molecule has 0 saturated carbocycles. The lowest BCUT2D eigenvalue weighted by Gasteiger charge is -2.31. The van der Waals surface area contributed by atoms with Crippen LogP contribution >= 0.6 is 0 Å². The van der Waals surface area contributed by atoms with Crippen LogP contribution in [-0.2, 0) is 9.53 Å². The molecule has 4 rings (SSSR count). The highest BCUT2D eigenvalue weighted by molar-refractivity contribution is 5.80. The van der Waals surface area contributed by atoms with E-state index in [4.69, 9.17) is 18.7 Å². The molecule has 1 aromatic heterocycles. The van der Waals surface area contributed by atoms with Gasteiger partial charge in [0.1, 0.15) is 11.9 Å². The number of nitrogens with zero attached hydrogens (tertiary/aromatic N) is 2. The first-order valence-electron chi connectivity index (χ1n) is 11.7. The Morgan fingerprint density at radius 1 is 1.24 bits per heavy atom. The summed E-state index contributed by atoms with van der Waals surface area (Å²) in [7, 11) is 1.59. The summed E-state index contributed by atoms with van der Waals surface area (Å²) in [5.41, 5.74) is 2.11. The third-order valence-corrected chi connectivity index (χ3v) is 6.32. The Bertz CT molecular complexity index is 1120. The van der Waals surface area contributed by atoms with E-state index < -0.39 is 0 Å². The number of piperidine rings is 1. The summed E-state index contributed by atoms with van der Waals surface area (Å²) in [6, 6.07) is 10.4. The number of fused-ring (bicyclic) bond motifs is 1. The summed E-state index contributed by atoms with van der Waals surface area (Å²) in [5.74, 6) is 0.905. The molecular formula is C26H31FN2O5. The Morgan fingerprint density at radius 2 is 2.03 bits per heavy atom. The summed E-state index contributed by atoms with van der Waals surface area (Å²) in [5, 5.41) is 4.70. The van der Waals surface area contributed by atoms with Crippen molar-refractivity contribution >= 4 is 16.9 Å². The second-order valence-corrected chi connectivity index (χ2v) is 8.66. The van der Waals surface area contributed by atoms with Gasteiger partial charge in [-0.3, -0.25) is 4.79 Å². The monoisotopic (exact) mass is 470 g/mol. The van der Waals surface area contributed by atoms with Gasteiger partial charge < -0.3 is 23.6 Å². The molecule has 3 aromatic rings. The summed E-state index contributed by atoms with van der Waals surface area (Å²) in [6.07, 6.45) is 2.37. The van der Waals surface area contributed by atoms with Gasteiger partial charge in [0.2, 0.25) is 0 Å². The quantitative estimate of drug-likeness (QED) is 0.312. The fourth-order valence-electron chi connectivity index (χ4n) is 4.53. The molecule has 0 amide bonds. The van der Waals surface area contributed by atoms with Crippen molar-refractivity contribution in [1.29, 1.82) is 0 Å². The van der Waals surface area contributed by atoms with Crippen LogP contribution in [0.2, 0.25) is 0 Å². The predicted octanol–water partition coefficient (Wildman–Crippen LogP) is 5.25. The highest BCUT2D eigenvalue weighted by Gasteiger charge is 2.26. The lowest BCUT2D eigenvalue weighted by molar-refractivity contribution is -0.145. The van der Waals surface area contributed by atoms with Gasteiger partial charge in [0.05, 0.1) is 24.8 Å². The van der Waals surface area contributed by atoms with Crippen molar-refractivity contribution in [2.24, 2.45) is 0 Å². The van der Waals surface area contributed by atoms with E-state index in [1.54, 1.807) is 19.2 Å². The Hall–Kier alpha value is -3.13. The number of esters is 1. The zero-order valence-electron chi connectivity index (χ0n) is 19.9. The number of carbonyl (C=O) groups is 1. The van der Waals surface area contributed by atoms with Crippen LogP contribution in [-0.4, -0.2) is 49.4 Å². The van der Waals surface area contributed by atoms with Gasteiger partial charge in [-0.1, -0.05) is 17.3 Å². The number of carbonyl (C=O) groups excluding carboxylic acids is 1. The normalized spacial score (nSPS) is 15.9. The SMILES string of the molecule is COc1cc(C(C)OC(C)=O)ccc1OCCCN1CCC(c2noc3cccc(F)c23)CC1. The van der Waals surface area contributed by atoms with E-state index in [-0.39, 0.29) is 23.8 Å². The number of ether oxygens (including phenoxy) is 3. The van der Waals surface area contributed by atoms with Crippen LogP contribution in [0.25, 0.3) is 11.0 Å². The molecule has 0 bridgehead atoms. The van der Waals surface area contributed by atoms with Gasteiger partial charge in [-0.2, -0.15) is 0 Å². The standard InChI is InChI=1S/C26H31FN2O5/c1-17(33-18(2)30)20-8-9-22(24(16-20)31-3)32-15-5-12-29-13-10-19(11-14-29)26-25-21(27)6-4-7-23(25)34-28-26/h4,6-9,16-17,19H,5,10-15H2,1-3H3. The molecule has 8 heteroatoms. The Morgan fingerprint density at radius 3 is 2.76 bits per heavy atom. The summed E-state index contributed by atoms with van der Waals surface area (Å²) < 4.78 is 36.2. The lowest BCUT2D eigenvalue weighted by Crippen LogP contribution is -2.34. The number of rotatable bonds is 9. The first kappa shape index (κ1) is 24.0. The predicted molar refractivity (Wildman–Crippen MR) is 126 cm³/mol. The average molecular weight is 471 g/mol. The fourth-order valence-corrected chi connectivity index (χ4v) is 4.53. The van der Waals surface area contributed by atoms with Crippen molar-refractivity contribution in [3.8, 4) is 11.5 Å². The number of likely N-dealkylation sites (tertiary alicyclic amines) is 1. The van der Waals surface area contributed by atoms with E-state index >= 15 is 0 Å². The van der Waals surface area contributed by atoms with Gasteiger partial charge in [0.15, 0.2) is 17.1 Å². The second-order valence-electron chi connectivity index (χ2n) is 8.66. The van der Waals surface area contributed by atoms with Gasteiger partial charge >= 0.3 is 5.97 Å². The van der Waals surface area contributed by atoms with Crippen molar-refractivity contribution in [3.05, 3.63) is 53.5 Å². The molecule has 1 aliphatic heterocycles. The van der Waals surface area contributed by atoms with Crippen LogP contribution in [0.15, 0.2) is 40.9 Å². The summed E-state index contributed by atoms with van der Waals surface area (Å²) in [4.78, 5) is 13.6. The molecule has 1 atom stereocenters. The largest absolute Gasteiger partial charge is 0.493 e. The molecule has 182 valence electrons. The Labute approximate surface area is 198 Å². The van der Waals surface area contributed by atoms with Crippen molar-refractivity contribution in [2.75, 3.05) is 33.4 Å². The fraction of sp³-hybridized carbons (Fsp3) is 0.462. The second kappa shape index (κ2) is 10.9. The molecule has 2 heterocycles. The topological polar surface area (TPSA) is 74.0 Å². The third-order valence-electron chi connectivity index (χ3n) is 6.32. The molecule has 0 spiro atoms. The number of methoxy groups -OCH3 is 1. The molecule has 0 aliphatic carbocycles. The minimum absolute atomic E-state index is 0.211. The minimum Gasteiger partial charge on any atom is -0.493 e. The molecule has 1 saturated heterocycles. The van der Waals surface area contributed by atoms with Crippen LogP contribution in [0.1, 0.15) is 56.4 Å². The maximum Gasteiger partial charge on any atom is 0.303 e. The van der Waals surface area contributed by atoms with E-state index in [2.05, 4.69) is 10.1 Å². The van der Waals surface area contributed by atoms with Gasteiger partial charge in [0.25, 0.3) is 0 Å².